The molecule has 3 aromatic carbocycles. The number of halogens is 7. The third-order valence-electron chi connectivity index (χ3n) is 5.06. The fraction of sp³-hybridized carbons (Fsp3) is 0.304. The first-order chi connectivity index (χ1) is 15.1. The summed E-state index contributed by atoms with van der Waals surface area (Å²) in [5, 5.41) is 5.60. The van der Waals surface area contributed by atoms with E-state index in [1.807, 2.05) is 49.4 Å². The highest BCUT2D eigenvalue weighted by Gasteiger charge is 2.42. The van der Waals surface area contributed by atoms with E-state index < -0.39 is 39.9 Å². The first-order valence-corrected chi connectivity index (χ1v) is 10.9. The zero-order valence-electron chi connectivity index (χ0n) is 17.0. The lowest BCUT2D eigenvalue weighted by molar-refractivity contribution is -0.143. The van der Waals surface area contributed by atoms with E-state index in [1.165, 1.54) is 0 Å². The molecule has 172 valence electrons. The van der Waals surface area contributed by atoms with E-state index in [2.05, 4.69) is 5.32 Å². The van der Waals surface area contributed by atoms with Crippen LogP contribution in [0, 0.1) is 23.3 Å². The molecule has 1 nitrogen and oxygen atoms in total. The maximum absolute atomic E-state index is 13.9. The van der Waals surface area contributed by atoms with E-state index in [4.69, 9.17) is 0 Å². The molecule has 0 aliphatic carbocycles. The van der Waals surface area contributed by atoms with Crippen molar-refractivity contribution in [3.05, 3.63) is 76.9 Å². The minimum absolute atomic E-state index is 0.0433. The largest absolute Gasteiger partial charge is 0.422 e. The Morgan fingerprint density at radius 3 is 2.12 bits per heavy atom. The number of unbranched alkanes of at least 4 members (excludes halogenated alkanes) is 1. The van der Waals surface area contributed by atoms with Crippen LogP contribution in [-0.2, 0) is 6.18 Å². The van der Waals surface area contributed by atoms with Crippen molar-refractivity contribution in [2.45, 2.75) is 36.9 Å². The molecule has 9 heteroatoms. The van der Waals surface area contributed by atoms with E-state index in [0.717, 1.165) is 16.3 Å². The molecule has 0 bridgehead atoms. The normalized spacial score (nSPS) is 13.0. The van der Waals surface area contributed by atoms with Crippen LogP contribution < -0.4 is 5.32 Å². The van der Waals surface area contributed by atoms with Crippen molar-refractivity contribution in [1.29, 1.82) is 0 Å². The number of thioether (sulfide) groups is 1. The van der Waals surface area contributed by atoms with Crippen molar-refractivity contribution in [3.63, 3.8) is 0 Å². The summed E-state index contributed by atoms with van der Waals surface area (Å²) in [4.78, 5) is -1.08. The summed E-state index contributed by atoms with van der Waals surface area (Å²) in [5.74, 6) is -8.82. The SMILES string of the molecule is CC(NCCCCSc1c(F)c(F)c(C(F)(F)F)c(F)c1F)c1cccc2ccccc12. The summed E-state index contributed by atoms with van der Waals surface area (Å²) in [5.41, 5.74) is -1.43. The Kier molecular flexibility index (Phi) is 7.71. The predicted octanol–water partition coefficient (Wildman–Crippen LogP) is 7.64. The second-order valence-corrected chi connectivity index (χ2v) is 8.36. The van der Waals surface area contributed by atoms with Crippen molar-refractivity contribution in [2.24, 2.45) is 0 Å². The Balaban J connectivity index is 1.54. The number of rotatable bonds is 8. The number of hydrogen-bond donors (Lipinski definition) is 1. The number of benzene rings is 3. The summed E-state index contributed by atoms with van der Waals surface area (Å²) in [6, 6.07) is 14.0. The van der Waals surface area contributed by atoms with E-state index in [1.54, 1.807) is 0 Å². The van der Waals surface area contributed by atoms with Crippen LogP contribution in [-0.4, -0.2) is 12.3 Å². The lowest BCUT2D eigenvalue weighted by atomic mass is 9.99. The zero-order chi connectivity index (χ0) is 23.5. The molecule has 0 aliphatic heterocycles. The fourth-order valence-electron chi connectivity index (χ4n) is 3.45. The van der Waals surface area contributed by atoms with Gasteiger partial charge in [-0.2, -0.15) is 13.2 Å². The van der Waals surface area contributed by atoms with Gasteiger partial charge in [0, 0.05) is 6.04 Å². The standard InChI is InChI=1S/C23H20F7NS/c1-13(15-10-6-8-14-7-2-3-9-16(14)15)31-11-4-5-12-32-22-20(26)18(24)17(23(28,29)30)19(25)21(22)27/h2-3,6-10,13,31H,4-5,11-12H2,1H3. The lowest BCUT2D eigenvalue weighted by Gasteiger charge is -2.17. The minimum Gasteiger partial charge on any atom is -0.310 e. The summed E-state index contributed by atoms with van der Waals surface area (Å²) < 4.78 is 93.1. The molecular weight excluding hydrogens is 455 g/mol. The number of hydrogen-bond acceptors (Lipinski definition) is 2. The number of alkyl halides is 3. The monoisotopic (exact) mass is 475 g/mol. The molecule has 0 aromatic heterocycles. The van der Waals surface area contributed by atoms with Gasteiger partial charge in [-0.05, 0) is 48.4 Å². The molecule has 0 heterocycles. The molecule has 3 rings (SSSR count). The third kappa shape index (κ3) is 5.20. The second-order valence-electron chi connectivity index (χ2n) is 7.26. The van der Waals surface area contributed by atoms with Gasteiger partial charge in [-0.1, -0.05) is 42.5 Å². The van der Waals surface area contributed by atoms with Crippen molar-refractivity contribution < 1.29 is 30.7 Å². The topological polar surface area (TPSA) is 12.0 Å². The average Bonchev–Trinajstić information content (AvgIpc) is 2.75. The molecule has 1 atom stereocenters. The van der Waals surface area contributed by atoms with E-state index >= 15 is 0 Å². The highest BCUT2D eigenvalue weighted by atomic mass is 32.2. The van der Waals surface area contributed by atoms with Gasteiger partial charge >= 0.3 is 6.18 Å². The van der Waals surface area contributed by atoms with Crippen molar-refractivity contribution in [1.82, 2.24) is 5.32 Å². The highest BCUT2D eigenvalue weighted by Crippen LogP contribution is 2.39. The molecule has 32 heavy (non-hydrogen) atoms. The Morgan fingerprint density at radius 1 is 0.844 bits per heavy atom. The van der Waals surface area contributed by atoms with Crippen LogP contribution in [0.1, 0.15) is 36.9 Å². The van der Waals surface area contributed by atoms with Crippen LogP contribution in [0.15, 0.2) is 47.4 Å². The van der Waals surface area contributed by atoms with Gasteiger partial charge in [-0.25, -0.2) is 17.6 Å². The molecule has 1 unspecified atom stereocenters. The van der Waals surface area contributed by atoms with Gasteiger partial charge in [0.1, 0.15) is 5.56 Å². The van der Waals surface area contributed by atoms with Gasteiger partial charge in [0.15, 0.2) is 23.3 Å². The molecule has 0 saturated carbocycles. The third-order valence-corrected chi connectivity index (χ3v) is 6.20. The lowest BCUT2D eigenvalue weighted by Crippen LogP contribution is -2.20. The Labute approximate surface area is 185 Å². The van der Waals surface area contributed by atoms with Crippen LogP contribution in [0.3, 0.4) is 0 Å². The van der Waals surface area contributed by atoms with E-state index in [9.17, 15) is 30.7 Å². The van der Waals surface area contributed by atoms with Crippen LogP contribution in [0.4, 0.5) is 30.7 Å². The van der Waals surface area contributed by atoms with Crippen molar-refractivity contribution in [2.75, 3.05) is 12.3 Å². The van der Waals surface area contributed by atoms with Crippen LogP contribution in [0.5, 0.6) is 0 Å². The van der Waals surface area contributed by atoms with Gasteiger partial charge < -0.3 is 5.32 Å². The van der Waals surface area contributed by atoms with E-state index in [0.29, 0.717) is 31.1 Å². The summed E-state index contributed by atoms with van der Waals surface area (Å²) in [7, 11) is 0. The highest BCUT2D eigenvalue weighted by molar-refractivity contribution is 7.99. The Morgan fingerprint density at radius 2 is 1.47 bits per heavy atom. The minimum atomic E-state index is -5.54. The predicted molar refractivity (Wildman–Crippen MR) is 112 cm³/mol. The van der Waals surface area contributed by atoms with Crippen LogP contribution in [0.2, 0.25) is 0 Å². The maximum atomic E-state index is 13.9. The van der Waals surface area contributed by atoms with Gasteiger partial charge in [0.05, 0.1) is 4.90 Å². The average molecular weight is 475 g/mol. The number of fused-ring (bicyclic) bond motifs is 1. The van der Waals surface area contributed by atoms with E-state index in [-0.39, 0.29) is 11.8 Å². The summed E-state index contributed by atoms with van der Waals surface area (Å²) in [6.07, 6.45) is -4.51. The molecule has 0 spiro atoms. The fourth-order valence-corrected chi connectivity index (χ4v) is 4.43. The number of nitrogens with one attached hydrogen (secondary N) is 1. The summed E-state index contributed by atoms with van der Waals surface area (Å²) >= 11 is 0.453. The summed E-state index contributed by atoms with van der Waals surface area (Å²) in [6.45, 7) is 2.58. The molecular formula is C23H20F7NS. The van der Waals surface area contributed by atoms with Crippen molar-refractivity contribution in [3.8, 4) is 0 Å². The van der Waals surface area contributed by atoms with Crippen molar-refractivity contribution >= 4 is 22.5 Å². The van der Waals surface area contributed by atoms with Gasteiger partial charge in [0.25, 0.3) is 0 Å². The van der Waals surface area contributed by atoms with Gasteiger partial charge in [-0.3, -0.25) is 0 Å². The molecule has 0 saturated heterocycles. The maximum Gasteiger partial charge on any atom is 0.422 e. The van der Waals surface area contributed by atoms with Gasteiger partial charge in [-0.15, -0.1) is 11.8 Å². The molecule has 3 aromatic rings. The smallest absolute Gasteiger partial charge is 0.310 e. The Bertz CT molecular complexity index is 1060. The molecule has 0 amide bonds. The van der Waals surface area contributed by atoms with Crippen LogP contribution in [0.25, 0.3) is 10.8 Å². The van der Waals surface area contributed by atoms with Gasteiger partial charge in [0.2, 0.25) is 0 Å². The first-order valence-electron chi connectivity index (χ1n) is 9.90. The quantitative estimate of drug-likeness (QED) is 0.156. The molecule has 1 N–H and O–H groups in total. The second kappa shape index (κ2) is 10.1. The molecule has 0 radical (unpaired) electrons. The zero-order valence-corrected chi connectivity index (χ0v) is 17.8. The Hall–Kier alpha value is -2.26. The van der Waals surface area contributed by atoms with Crippen LogP contribution >= 0.6 is 11.8 Å². The molecule has 0 fully saturated rings. The molecule has 0 aliphatic rings. The first kappa shape index (κ1) is 24.4.